The number of carbonyl (C=O) groups excluding carboxylic acids is 1. The molecule has 0 aliphatic heterocycles. The van der Waals surface area contributed by atoms with Crippen LogP contribution in [0.25, 0.3) is 0 Å². The molecule has 0 aliphatic rings. The van der Waals surface area contributed by atoms with Crippen LogP contribution < -0.4 is 4.74 Å². The number of rotatable bonds is 2. The lowest BCUT2D eigenvalue weighted by molar-refractivity contribution is 0.0717. The first kappa shape index (κ1) is 17.0. The van der Waals surface area contributed by atoms with Crippen LogP contribution >= 0.6 is 0 Å². The molecule has 0 heterocycles. The Morgan fingerprint density at radius 1 is 1.00 bits per heavy atom. The molecule has 0 N–H and O–H groups in total. The molecule has 0 atom stereocenters. The minimum atomic E-state index is -1.80. The van der Waals surface area contributed by atoms with E-state index < -0.39 is 40.6 Å². The molecule has 0 unspecified atom stereocenters. The Morgan fingerprint density at radius 3 is 2.04 bits per heavy atom. The average molecular weight is 333 g/mol. The summed E-state index contributed by atoms with van der Waals surface area (Å²) in [6.07, 6.45) is 0. The van der Waals surface area contributed by atoms with E-state index in [1.165, 1.54) is 24.3 Å². The van der Waals surface area contributed by atoms with Gasteiger partial charge in [-0.25, -0.2) is 13.6 Å². The molecule has 24 heavy (non-hydrogen) atoms. The first-order chi connectivity index (χ1) is 11.4. The lowest BCUT2D eigenvalue weighted by Gasteiger charge is -2.10. The highest BCUT2D eigenvalue weighted by atomic mass is 19.2. The second-order valence-electron chi connectivity index (χ2n) is 4.54. The predicted molar refractivity (Wildman–Crippen MR) is 74.9 cm³/mol. The van der Waals surface area contributed by atoms with Crippen molar-refractivity contribution in [1.82, 2.24) is 0 Å². The molecule has 2 rings (SSSR count). The fraction of sp³-hybridized carbons (Fsp3) is 0.0588. The number of benzene rings is 2. The van der Waals surface area contributed by atoms with E-state index in [0.29, 0.717) is 5.56 Å². The Kier molecular flexibility index (Phi) is 4.86. The predicted octanol–water partition coefficient (Wildman–Crippen LogP) is 3.65. The van der Waals surface area contributed by atoms with Crippen molar-refractivity contribution in [1.29, 1.82) is 5.26 Å². The molecule has 2 aromatic rings. The van der Waals surface area contributed by atoms with E-state index in [1.807, 2.05) is 0 Å². The summed E-state index contributed by atoms with van der Waals surface area (Å²) in [6.45, 7) is 0.851. The van der Waals surface area contributed by atoms with Gasteiger partial charge in [-0.2, -0.15) is 14.0 Å². The van der Waals surface area contributed by atoms with Crippen molar-refractivity contribution >= 4 is 5.97 Å². The van der Waals surface area contributed by atoms with Gasteiger partial charge in [-0.15, -0.1) is 0 Å². The Morgan fingerprint density at radius 2 is 1.54 bits per heavy atom. The van der Waals surface area contributed by atoms with Crippen LogP contribution in [0.5, 0.6) is 5.75 Å². The van der Waals surface area contributed by atoms with Gasteiger partial charge in [0.25, 0.3) is 0 Å². The molecule has 0 saturated carbocycles. The van der Waals surface area contributed by atoms with Crippen molar-refractivity contribution in [2.45, 2.75) is 6.92 Å². The quantitative estimate of drug-likeness (QED) is 0.277. The minimum Gasteiger partial charge on any atom is -0.416 e. The van der Waals surface area contributed by atoms with Crippen molar-refractivity contribution in [2.75, 3.05) is 0 Å². The van der Waals surface area contributed by atoms with Crippen LogP contribution in [0, 0.1) is 53.4 Å². The summed E-state index contributed by atoms with van der Waals surface area (Å²) in [5.41, 5.74) is -0.569. The zero-order chi connectivity index (χ0) is 17.9. The van der Waals surface area contributed by atoms with Gasteiger partial charge in [-0.3, -0.25) is 0 Å². The Hall–Kier alpha value is -3.32. The van der Waals surface area contributed by atoms with E-state index >= 15 is 0 Å². The van der Waals surface area contributed by atoms with Crippen molar-refractivity contribution < 1.29 is 27.1 Å². The smallest absolute Gasteiger partial charge is 0.343 e. The van der Waals surface area contributed by atoms with Gasteiger partial charge in [0, 0.05) is 17.0 Å². The van der Waals surface area contributed by atoms with Crippen molar-refractivity contribution in [2.24, 2.45) is 0 Å². The molecule has 2 aromatic carbocycles. The topological polar surface area (TPSA) is 50.1 Å². The maximum absolute atomic E-state index is 13.7. The van der Waals surface area contributed by atoms with E-state index in [2.05, 4.69) is 16.6 Å². The van der Waals surface area contributed by atoms with Gasteiger partial charge in [-0.05, 0) is 31.2 Å². The Bertz CT molecular complexity index is 890. The third kappa shape index (κ3) is 3.21. The van der Waals surface area contributed by atoms with Crippen LogP contribution in [0.3, 0.4) is 0 Å². The largest absolute Gasteiger partial charge is 0.416 e. The van der Waals surface area contributed by atoms with Crippen LogP contribution in [-0.4, -0.2) is 5.97 Å². The maximum Gasteiger partial charge on any atom is 0.343 e. The van der Waals surface area contributed by atoms with E-state index in [1.54, 1.807) is 6.07 Å². The number of ether oxygens (including phenoxy) is 1. The third-order valence-corrected chi connectivity index (χ3v) is 3.02. The summed E-state index contributed by atoms with van der Waals surface area (Å²) in [6, 6.07) is 6.78. The monoisotopic (exact) mass is 333 g/mol. The van der Waals surface area contributed by atoms with Gasteiger partial charge in [0.05, 0.1) is 5.56 Å². The summed E-state index contributed by atoms with van der Waals surface area (Å²) >= 11 is 0. The summed E-state index contributed by atoms with van der Waals surface area (Å²) in [5.74, 6) is -4.92. The highest BCUT2D eigenvalue weighted by Gasteiger charge is 2.26. The highest BCUT2D eigenvalue weighted by molar-refractivity contribution is 5.91. The van der Waals surface area contributed by atoms with Crippen LogP contribution in [0.15, 0.2) is 24.3 Å². The zero-order valence-electron chi connectivity index (χ0n) is 12.1. The number of hydrogen-bond acceptors (Lipinski definition) is 3. The van der Waals surface area contributed by atoms with Gasteiger partial charge in [0.2, 0.25) is 17.4 Å². The molecular weight excluding hydrogens is 326 g/mol. The molecular formula is C17H7F4NO2. The Balaban J connectivity index is 2.32. The van der Waals surface area contributed by atoms with Gasteiger partial charge < -0.3 is 4.74 Å². The van der Waals surface area contributed by atoms with E-state index in [4.69, 9.17) is 5.26 Å². The summed E-state index contributed by atoms with van der Waals surface area (Å²) in [4.78, 5) is 11.9. The SMILES string of the molecule is Cc1c(F)c(F)c(OC(=O)c2ccc(C#CC#N)cc2)c(F)c1F. The standard InChI is InChI=1S/C17H7F4NO2/c1-9-12(18)14(20)16(15(21)13(9)19)24-17(23)11-6-4-10(5-7-11)3-2-8-22/h4-7H,1H3. The number of halogens is 4. The van der Waals surface area contributed by atoms with Gasteiger partial charge in [0.15, 0.2) is 17.7 Å². The number of nitriles is 1. The first-order valence-corrected chi connectivity index (χ1v) is 6.41. The normalized spacial score (nSPS) is 9.67. The molecule has 0 spiro atoms. The number of esters is 1. The zero-order valence-corrected chi connectivity index (χ0v) is 12.1. The lowest BCUT2D eigenvalue weighted by atomic mass is 10.1. The number of carbonyl (C=O) groups is 1. The molecule has 3 nitrogen and oxygen atoms in total. The molecule has 0 radical (unpaired) electrons. The fourth-order valence-corrected chi connectivity index (χ4v) is 1.75. The summed E-state index contributed by atoms with van der Waals surface area (Å²) in [5, 5.41) is 8.32. The lowest BCUT2D eigenvalue weighted by Crippen LogP contribution is -2.13. The minimum absolute atomic E-state index is 0.127. The van der Waals surface area contributed by atoms with Gasteiger partial charge in [-0.1, -0.05) is 5.92 Å². The first-order valence-electron chi connectivity index (χ1n) is 6.41. The molecule has 7 heteroatoms. The molecule has 0 saturated heterocycles. The van der Waals surface area contributed by atoms with Gasteiger partial charge >= 0.3 is 5.97 Å². The molecule has 120 valence electrons. The van der Waals surface area contributed by atoms with E-state index in [-0.39, 0.29) is 5.56 Å². The highest BCUT2D eigenvalue weighted by Crippen LogP contribution is 2.30. The van der Waals surface area contributed by atoms with E-state index in [0.717, 1.165) is 6.92 Å². The molecule has 0 bridgehead atoms. The van der Waals surface area contributed by atoms with Crippen LogP contribution in [0.1, 0.15) is 21.5 Å². The molecule has 0 amide bonds. The molecule has 0 aliphatic carbocycles. The molecule has 0 aromatic heterocycles. The summed E-state index contributed by atoms with van der Waals surface area (Å²) < 4.78 is 58.7. The average Bonchev–Trinajstić information content (AvgIpc) is 2.60. The molecule has 0 fully saturated rings. The Labute approximate surface area is 134 Å². The fourth-order valence-electron chi connectivity index (χ4n) is 1.75. The van der Waals surface area contributed by atoms with Gasteiger partial charge in [0.1, 0.15) is 0 Å². The second kappa shape index (κ2) is 6.84. The second-order valence-corrected chi connectivity index (χ2v) is 4.54. The number of nitrogens with zero attached hydrogens (tertiary/aromatic N) is 1. The van der Waals surface area contributed by atoms with Crippen LogP contribution in [0.2, 0.25) is 0 Å². The number of hydrogen-bond donors (Lipinski definition) is 0. The van der Waals surface area contributed by atoms with Crippen molar-refractivity contribution in [3.8, 4) is 23.7 Å². The van der Waals surface area contributed by atoms with Crippen molar-refractivity contribution in [3.63, 3.8) is 0 Å². The van der Waals surface area contributed by atoms with Crippen LogP contribution in [-0.2, 0) is 0 Å². The van der Waals surface area contributed by atoms with Crippen molar-refractivity contribution in [3.05, 3.63) is 64.2 Å². The maximum atomic E-state index is 13.7. The summed E-state index contributed by atoms with van der Waals surface area (Å²) in [7, 11) is 0. The third-order valence-electron chi connectivity index (χ3n) is 3.02. The van der Waals surface area contributed by atoms with Crippen LogP contribution in [0.4, 0.5) is 17.6 Å². The van der Waals surface area contributed by atoms with E-state index in [9.17, 15) is 22.4 Å².